The molecule has 1 aromatic heterocycles. The van der Waals surface area contributed by atoms with Gasteiger partial charge in [0.1, 0.15) is 10.3 Å². The lowest BCUT2D eigenvalue weighted by atomic mass is 10.1. The van der Waals surface area contributed by atoms with Gasteiger partial charge < -0.3 is 5.32 Å². The van der Waals surface area contributed by atoms with Crippen LogP contribution in [0.25, 0.3) is 0 Å². The fourth-order valence-corrected chi connectivity index (χ4v) is 2.87. The maximum atomic E-state index is 11.7. The summed E-state index contributed by atoms with van der Waals surface area (Å²) in [5.74, 6) is 1.31. The van der Waals surface area contributed by atoms with Gasteiger partial charge in [0.2, 0.25) is 5.91 Å². The third-order valence-electron chi connectivity index (χ3n) is 3.70. The lowest BCUT2D eigenvalue weighted by molar-refractivity contribution is -0.116. The minimum atomic E-state index is -0.0408. The van der Waals surface area contributed by atoms with Crippen molar-refractivity contribution in [2.45, 2.75) is 33.1 Å². The Hall–Kier alpha value is -1.32. The van der Waals surface area contributed by atoms with Crippen molar-refractivity contribution in [2.24, 2.45) is 11.8 Å². The first-order valence-electron chi connectivity index (χ1n) is 7.82. The molecular formula is C18H22Cl2N2O. The predicted octanol–water partition coefficient (Wildman–Crippen LogP) is 4.77. The summed E-state index contributed by atoms with van der Waals surface area (Å²) in [6.45, 7) is 6.77. The minimum Gasteiger partial charge on any atom is -0.352 e. The van der Waals surface area contributed by atoms with E-state index in [4.69, 9.17) is 23.2 Å². The third kappa shape index (κ3) is 6.00. The Morgan fingerprint density at radius 2 is 2.04 bits per heavy atom. The fraction of sp³-hybridized carbons (Fsp3) is 0.444. The van der Waals surface area contributed by atoms with Crippen LogP contribution in [-0.4, -0.2) is 17.4 Å². The first-order chi connectivity index (χ1) is 10.8. The maximum Gasteiger partial charge on any atom is 0.244 e. The lowest BCUT2D eigenvalue weighted by Gasteiger charge is -2.04. The van der Waals surface area contributed by atoms with Gasteiger partial charge in [-0.15, -0.1) is 0 Å². The monoisotopic (exact) mass is 352 g/mol. The molecule has 1 aromatic rings. The molecule has 0 saturated heterocycles. The molecule has 2 rings (SSSR count). The number of pyridine rings is 1. The highest BCUT2D eigenvalue weighted by Gasteiger charge is 2.36. The van der Waals surface area contributed by atoms with E-state index < -0.39 is 0 Å². The van der Waals surface area contributed by atoms with E-state index in [9.17, 15) is 4.79 Å². The third-order valence-corrected chi connectivity index (χ3v) is 4.09. The smallest absolute Gasteiger partial charge is 0.244 e. The molecule has 1 fully saturated rings. The molecule has 124 valence electrons. The van der Waals surface area contributed by atoms with Crippen LogP contribution in [0.4, 0.5) is 0 Å². The van der Waals surface area contributed by atoms with Crippen molar-refractivity contribution >= 4 is 29.1 Å². The zero-order valence-electron chi connectivity index (χ0n) is 13.6. The summed E-state index contributed by atoms with van der Waals surface area (Å²) < 4.78 is 0. The van der Waals surface area contributed by atoms with Gasteiger partial charge in [0.25, 0.3) is 0 Å². The van der Waals surface area contributed by atoms with E-state index >= 15 is 0 Å². The van der Waals surface area contributed by atoms with E-state index in [0.717, 1.165) is 17.6 Å². The van der Waals surface area contributed by atoms with Gasteiger partial charge in [-0.05, 0) is 54.4 Å². The van der Waals surface area contributed by atoms with E-state index in [1.807, 2.05) is 25.1 Å². The number of nitrogens with zero attached hydrogens (tertiary/aromatic N) is 1. The summed E-state index contributed by atoms with van der Waals surface area (Å²) in [6, 6.07) is 3.74. The molecule has 0 unspecified atom stereocenters. The summed E-state index contributed by atoms with van der Waals surface area (Å²) in [6.07, 6.45) is 6.86. The van der Waals surface area contributed by atoms with Crippen LogP contribution >= 0.6 is 23.2 Å². The molecule has 0 aliphatic heterocycles. The van der Waals surface area contributed by atoms with Crippen LogP contribution in [0.1, 0.15) is 38.7 Å². The Bertz CT molecular complexity index is 618. The van der Waals surface area contributed by atoms with Crippen LogP contribution in [-0.2, 0) is 4.79 Å². The second kappa shape index (κ2) is 7.98. The summed E-state index contributed by atoms with van der Waals surface area (Å²) in [4.78, 5) is 15.7. The molecule has 0 radical (unpaired) electrons. The number of nitrogens with one attached hydrogen (secondary N) is 1. The molecule has 1 aliphatic rings. The van der Waals surface area contributed by atoms with Crippen molar-refractivity contribution in [1.82, 2.24) is 10.3 Å². The van der Waals surface area contributed by atoms with Gasteiger partial charge in [0, 0.05) is 12.6 Å². The average molecular weight is 353 g/mol. The molecule has 5 heteroatoms. The normalized spacial score (nSPS) is 21.0. The van der Waals surface area contributed by atoms with Gasteiger partial charge in [-0.1, -0.05) is 49.2 Å². The first kappa shape index (κ1) is 18.0. The zero-order chi connectivity index (χ0) is 17.0. The van der Waals surface area contributed by atoms with Crippen molar-refractivity contribution in [3.63, 3.8) is 0 Å². The number of rotatable bonds is 6. The predicted molar refractivity (Wildman–Crippen MR) is 95.8 cm³/mol. The molecule has 0 spiro atoms. The Labute approximate surface area is 147 Å². The van der Waals surface area contributed by atoms with Crippen LogP contribution in [0.2, 0.25) is 10.3 Å². The highest BCUT2D eigenvalue weighted by atomic mass is 35.5. The number of allylic oxidation sites excluding steroid dienone is 3. The van der Waals surface area contributed by atoms with Crippen LogP contribution in [0.3, 0.4) is 0 Å². The van der Waals surface area contributed by atoms with E-state index in [1.54, 1.807) is 6.08 Å². The van der Waals surface area contributed by atoms with Crippen molar-refractivity contribution in [3.05, 3.63) is 51.8 Å². The number of carbonyl (C=O) groups excluding carboxylic acids is 1. The summed E-state index contributed by atoms with van der Waals surface area (Å²) in [5.41, 5.74) is 2.07. The van der Waals surface area contributed by atoms with Crippen molar-refractivity contribution in [1.29, 1.82) is 0 Å². The number of hydrogen-bond acceptors (Lipinski definition) is 2. The number of amides is 1. The number of carbonyl (C=O) groups is 1. The Morgan fingerprint density at radius 1 is 1.39 bits per heavy atom. The quantitative estimate of drug-likeness (QED) is 0.455. The Kier molecular flexibility index (Phi) is 6.25. The Morgan fingerprint density at radius 3 is 2.65 bits per heavy atom. The fourth-order valence-electron chi connectivity index (χ4n) is 2.39. The van der Waals surface area contributed by atoms with Crippen molar-refractivity contribution in [3.8, 4) is 0 Å². The molecule has 0 aromatic carbocycles. The van der Waals surface area contributed by atoms with Gasteiger partial charge in [-0.2, -0.15) is 0 Å². The largest absolute Gasteiger partial charge is 0.352 e. The average Bonchev–Trinajstić information content (AvgIpc) is 3.21. The number of aromatic nitrogens is 1. The molecule has 3 nitrogen and oxygen atoms in total. The second-order valence-electron chi connectivity index (χ2n) is 6.44. The van der Waals surface area contributed by atoms with Gasteiger partial charge in [-0.3, -0.25) is 4.79 Å². The molecule has 23 heavy (non-hydrogen) atoms. The van der Waals surface area contributed by atoms with Gasteiger partial charge in [0.05, 0.1) is 0 Å². The van der Waals surface area contributed by atoms with Gasteiger partial charge in [0.15, 0.2) is 0 Å². The standard InChI is InChI=1S/C18H22Cl2N2O/c1-11(2)10-21-18(23)6-12(3)4-5-13-7-15(13)14-8-16(19)22-17(20)9-14/h4-6,8-9,11,13,15H,7,10H2,1-3H3,(H,21,23)/b5-4+,12-6+/t13-,15-/m1/s1. The summed E-state index contributed by atoms with van der Waals surface area (Å²) in [5, 5.41) is 3.74. The van der Waals surface area contributed by atoms with Gasteiger partial charge in [-0.25, -0.2) is 4.98 Å². The Balaban J connectivity index is 1.88. The SMILES string of the molecule is CC(/C=C/[C@@H]1C[C@H]1c1cc(Cl)nc(Cl)c1)=C\C(=O)NCC(C)C. The van der Waals surface area contributed by atoms with E-state index in [2.05, 4.69) is 30.2 Å². The van der Waals surface area contributed by atoms with E-state index in [-0.39, 0.29) is 5.91 Å². The van der Waals surface area contributed by atoms with Crippen LogP contribution in [0, 0.1) is 11.8 Å². The molecule has 1 amide bonds. The summed E-state index contributed by atoms with van der Waals surface area (Å²) >= 11 is 11.9. The van der Waals surface area contributed by atoms with Crippen molar-refractivity contribution < 1.29 is 4.79 Å². The number of halogens is 2. The van der Waals surface area contributed by atoms with Gasteiger partial charge >= 0.3 is 0 Å². The highest BCUT2D eigenvalue weighted by molar-refractivity contribution is 6.32. The second-order valence-corrected chi connectivity index (χ2v) is 7.21. The van der Waals surface area contributed by atoms with Crippen LogP contribution in [0.5, 0.6) is 0 Å². The molecule has 2 atom stereocenters. The van der Waals surface area contributed by atoms with Crippen LogP contribution in [0.15, 0.2) is 35.9 Å². The molecule has 1 N–H and O–H groups in total. The van der Waals surface area contributed by atoms with E-state index in [1.165, 1.54) is 0 Å². The minimum absolute atomic E-state index is 0.0408. The molecular weight excluding hydrogens is 331 g/mol. The van der Waals surface area contributed by atoms with Crippen LogP contribution < -0.4 is 5.32 Å². The first-order valence-corrected chi connectivity index (χ1v) is 8.58. The highest BCUT2D eigenvalue weighted by Crippen LogP contribution is 2.49. The van der Waals surface area contributed by atoms with E-state index in [0.29, 0.717) is 34.6 Å². The molecule has 1 heterocycles. The van der Waals surface area contributed by atoms with Crippen molar-refractivity contribution in [2.75, 3.05) is 6.54 Å². The number of hydrogen-bond donors (Lipinski definition) is 1. The lowest BCUT2D eigenvalue weighted by Crippen LogP contribution is -2.25. The molecule has 0 bridgehead atoms. The summed E-state index contributed by atoms with van der Waals surface area (Å²) in [7, 11) is 0. The molecule has 1 aliphatic carbocycles. The maximum absolute atomic E-state index is 11.7. The zero-order valence-corrected chi connectivity index (χ0v) is 15.2. The topological polar surface area (TPSA) is 42.0 Å². The molecule has 1 saturated carbocycles.